The number of halogens is 1. The van der Waals surface area contributed by atoms with Crippen LogP contribution >= 0.6 is 0 Å². The van der Waals surface area contributed by atoms with Gasteiger partial charge in [0.05, 0.1) is 6.04 Å². The summed E-state index contributed by atoms with van der Waals surface area (Å²) in [6.07, 6.45) is 10.3. The molecule has 1 aliphatic heterocycles. The Morgan fingerprint density at radius 3 is 2.95 bits per heavy atom. The minimum Gasteiger partial charge on any atom is -0.364 e. The molecule has 2 rings (SSSR count). The first-order valence-electron chi connectivity index (χ1n) is 7.15. The first-order valence-corrected chi connectivity index (χ1v) is 7.15. The predicted octanol–water partition coefficient (Wildman–Crippen LogP) is 4.79. The summed E-state index contributed by atoms with van der Waals surface area (Å²) in [6, 6.07) is 5.34. The molecule has 1 aromatic rings. The molecule has 0 N–H and O–H groups in total. The Balaban J connectivity index is 2.37. The maximum absolute atomic E-state index is 13.6. The lowest BCUT2D eigenvalue weighted by atomic mass is 10.0. The number of aryl methyl sites for hydroxylation is 1. The maximum Gasteiger partial charge on any atom is 0.125 e. The van der Waals surface area contributed by atoms with Crippen LogP contribution in [0, 0.1) is 12.7 Å². The first kappa shape index (κ1) is 14.6. The number of hydrogen-bond acceptors (Lipinski definition) is 1. The second kappa shape index (κ2) is 6.56. The molecule has 0 radical (unpaired) electrons. The van der Waals surface area contributed by atoms with Gasteiger partial charge >= 0.3 is 0 Å². The highest BCUT2D eigenvalue weighted by Crippen LogP contribution is 2.32. The smallest absolute Gasteiger partial charge is 0.125 e. The van der Waals surface area contributed by atoms with Crippen molar-refractivity contribution in [3.63, 3.8) is 0 Å². The maximum atomic E-state index is 13.6. The molecule has 1 atom stereocenters. The van der Waals surface area contributed by atoms with Crippen LogP contribution in [-0.4, -0.2) is 12.6 Å². The van der Waals surface area contributed by atoms with Crippen LogP contribution in [0.4, 0.5) is 10.1 Å². The number of rotatable bonds is 4. The molecule has 0 aromatic heterocycles. The highest BCUT2D eigenvalue weighted by molar-refractivity contribution is 5.57. The number of allylic oxidation sites excluding steroid dienone is 3. The van der Waals surface area contributed by atoms with Gasteiger partial charge in [-0.25, -0.2) is 4.39 Å². The number of hydrogen-bond donors (Lipinski definition) is 0. The van der Waals surface area contributed by atoms with E-state index in [1.165, 1.54) is 11.6 Å². The van der Waals surface area contributed by atoms with E-state index in [0.29, 0.717) is 6.04 Å². The summed E-state index contributed by atoms with van der Waals surface area (Å²) >= 11 is 0. The fraction of sp³-hybridized carbons (Fsp3) is 0.333. The lowest BCUT2D eigenvalue weighted by Crippen LogP contribution is -2.31. The van der Waals surface area contributed by atoms with Crippen molar-refractivity contribution in [1.82, 2.24) is 0 Å². The summed E-state index contributed by atoms with van der Waals surface area (Å²) in [4.78, 5) is 2.31. The molecule has 1 unspecified atom stereocenters. The SMILES string of the molecule is C=C/C=C(\C=C/C)C1CCCN1c1cc(F)ccc1C. The van der Waals surface area contributed by atoms with Crippen molar-refractivity contribution in [1.29, 1.82) is 0 Å². The highest BCUT2D eigenvalue weighted by Gasteiger charge is 2.27. The van der Waals surface area contributed by atoms with E-state index in [0.717, 1.165) is 30.6 Å². The van der Waals surface area contributed by atoms with Crippen molar-refractivity contribution in [2.45, 2.75) is 32.7 Å². The van der Waals surface area contributed by atoms with Gasteiger partial charge in [0.15, 0.2) is 0 Å². The average Bonchev–Trinajstić information content (AvgIpc) is 2.90. The molecule has 106 valence electrons. The van der Waals surface area contributed by atoms with Crippen molar-refractivity contribution in [3.05, 3.63) is 66.0 Å². The van der Waals surface area contributed by atoms with E-state index in [1.54, 1.807) is 6.07 Å². The van der Waals surface area contributed by atoms with E-state index in [2.05, 4.69) is 23.6 Å². The molecule has 0 saturated carbocycles. The van der Waals surface area contributed by atoms with E-state index >= 15 is 0 Å². The van der Waals surface area contributed by atoms with Gasteiger partial charge in [-0.1, -0.05) is 36.9 Å². The average molecular weight is 271 g/mol. The third-order valence-electron chi connectivity index (χ3n) is 3.79. The summed E-state index contributed by atoms with van der Waals surface area (Å²) in [5.41, 5.74) is 3.37. The van der Waals surface area contributed by atoms with Gasteiger partial charge in [-0.05, 0) is 50.0 Å². The van der Waals surface area contributed by atoms with Gasteiger partial charge < -0.3 is 4.90 Å². The zero-order valence-electron chi connectivity index (χ0n) is 12.3. The van der Waals surface area contributed by atoms with Crippen molar-refractivity contribution in [3.8, 4) is 0 Å². The van der Waals surface area contributed by atoms with E-state index in [9.17, 15) is 4.39 Å². The minimum absolute atomic E-state index is 0.170. The van der Waals surface area contributed by atoms with E-state index in [1.807, 2.05) is 32.1 Å². The normalized spacial score (nSPS) is 19.9. The van der Waals surface area contributed by atoms with Crippen molar-refractivity contribution in [2.75, 3.05) is 11.4 Å². The van der Waals surface area contributed by atoms with Crippen molar-refractivity contribution in [2.24, 2.45) is 0 Å². The number of nitrogens with zero attached hydrogens (tertiary/aromatic N) is 1. The number of anilines is 1. The van der Waals surface area contributed by atoms with Crippen LogP contribution in [0.3, 0.4) is 0 Å². The van der Waals surface area contributed by atoms with Crippen LogP contribution in [0.15, 0.2) is 54.7 Å². The van der Waals surface area contributed by atoms with Crippen LogP contribution < -0.4 is 4.90 Å². The second-order valence-electron chi connectivity index (χ2n) is 5.18. The molecule has 1 saturated heterocycles. The van der Waals surface area contributed by atoms with Gasteiger partial charge in [0.25, 0.3) is 0 Å². The Morgan fingerprint density at radius 1 is 1.45 bits per heavy atom. The van der Waals surface area contributed by atoms with Crippen LogP contribution in [0.5, 0.6) is 0 Å². The monoisotopic (exact) mass is 271 g/mol. The van der Waals surface area contributed by atoms with E-state index < -0.39 is 0 Å². The lowest BCUT2D eigenvalue weighted by Gasteiger charge is -2.29. The molecule has 0 amide bonds. The Labute approximate surface area is 121 Å². The molecule has 1 aromatic carbocycles. The highest BCUT2D eigenvalue weighted by atomic mass is 19.1. The lowest BCUT2D eigenvalue weighted by molar-refractivity contribution is 0.625. The largest absolute Gasteiger partial charge is 0.364 e. The van der Waals surface area contributed by atoms with Crippen molar-refractivity contribution >= 4 is 5.69 Å². The third-order valence-corrected chi connectivity index (χ3v) is 3.79. The van der Waals surface area contributed by atoms with Crippen LogP contribution in [0.2, 0.25) is 0 Å². The van der Waals surface area contributed by atoms with Gasteiger partial charge in [0.2, 0.25) is 0 Å². The van der Waals surface area contributed by atoms with E-state index in [4.69, 9.17) is 0 Å². The minimum atomic E-state index is -0.170. The fourth-order valence-corrected chi connectivity index (χ4v) is 2.90. The Kier molecular flexibility index (Phi) is 4.78. The molecule has 0 spiro atoms. The summed E-state index contributed by atoms with van der Waals surface area (Å²) in [5, 5.41) is 0. The summed E-state index contributed by atoms with van der Waals surface area (Å²) < 4.78 is 13.6. The molecule has 0 aliphatic carbocycles. The molecule has 1 heterocycles. The molecule has 1 aliphatic rings. The topological polar surface area (TPSA) is 3.24 Å². The summed E-state index contributed by atoms with van der Waals surface area (Å²) in [5.74, 6) is -0.170. The first-order chi connectivity index (χ1) is 9.67. The zero-order valence-corrected chi connectivity index (χ0v) is 12.3. The molecule has 0 bridgehead atoms. The van der Waals surface area contributed by atoms with Gasteiger partial charge in [-0.15, -0.1) is 0 Å². The van der Waals surface area contributed by atoms with Crippen LogP contribution in [0.25, 0.3) is 0 Å². The Hall–Kier alpha value is -1.83. The van der Waals surface area contributed by atoms with Gasteiger partial charge in [-0.3, -0.25) is 0 Å². The quantitative estimate of drug-likeness (QED) is 0.712. The predicted molar refractivity (Wildman–Crippen MR) is 84.6 cm³/mol. The molecule has 20 heavy (non-hydrogen) atoms. The number of benzene rings is 1. The fourth-order valence-electron chi connectivity index (χ4n) is 2.90. The van der Waals surface area contributed by atoms with Crippen LogP contribution in [-0.2, 0) is 0 Å². The van der Waals surface area contributed by atoms with Gasteiger partial charge in [-0.2, -0.15) is 0 Å². The standard InChI is InChI=1S/C18H22FN/c1-4-7-15(8-5-2)17-9-6-12-20(17)18-13-16(19)11-10-14(18)3/h4-5,7-8,10-11,13,17H,1,6,9,12H2,2-3H3/b8-5-,15-7+. The zero-order chi connectivity index (χ0) is 14.5. The van der Waals surface area contributed by atoms with Crippen LogP contribution in [0.1, 0.15) is 25.3 Å². The second-order valence-corrected chi connectivity index (χ2v) is 5.18. The van der Waals surface area contributed by atoms with Crippen molar-refractivity contribution < 1.29 is 4.39 Å². The molecular formula is C18H22FN. The Bertz CT molecular complexity index is 542. The Morgan fingerprint density at radius 2 is 2.25 bits per heavy atom. The third kappa shape index (κ3) is 3.01. The van der Waals surface area contributed by atoms with Gasteiger partial charge in [0, 0.05) is 12.2 Å². The molecule has 1 fully saturated rings. The molecule has 2 heteroatoms. The molecule has 1 nitrogen and oxygen atoms in total. The summed E-state index contributed by atoms with van der Waals surface area (Å²) in [7, 11) is 0. The van der Waals surface area contributed by atoms with Gasteiger partial charge in [0.1, 0.15) is 5.82 Å². The molecular weight excluding hydrogens is 249 g/mol. The van der Waals surface area contributed by atoms with E-state index in [-0.39, 0.29) is 5.82 Å². The summed E-state index contributed by atoms with van der Waals surface area (Å²) in [6.45, 7) is 8.82.